The standard InChI is InChI=1S/C13H10BrCl2FN2O/c1-13(20,7-4-6(14)5-19-12(7)18)10-8(15)2-3-9(17)11(10)16/h2-5,20H,1H3,(H2,18,19)/t13-/m1/s1. The van der Waals surface area contributed by atoms with Crippen molar-refractivity contribution in [2.75, 3.05) is 5.73 Å². The van der Waals surface area contributed by atoms with E-state index in [4.69, 9.17) is 28.9 Å². The van der Waals surface area contributed by atoms with Gasteiger partial charge in [0.25, 0.3) is 0 Å². The zero-order chi connectivity index (χ0) is 15.1. The molecule has 0 fully saturated rings. The molecule has 106 valence electrons. The summed E-state index contributed by atoms with van der Waals surface area (Å²) >= 11 is 15.2. The lowest BCUT2D eigenvalue weighted by molar-refractivity contribution is 0.102. The summed E-state index contributed by atoms with van der Waals surface area (Å²) in [6.07, 6.45) is 1.49. The molecule has 20 heavy (non-hydrogen) atoms. The zero-order valence-corrected chi connectivity index (χ0v) is 13.4. The number of halogens is 4. The lowest BCUT2D eigenvalue weighted by atomic mass is 9.88. The maximum absolute atomic E-state index is 13.6. The van der Waals surface area contributed by atoms with E-state index in [0.717, 1.165) is 6.07 Å². The SMILES string of the molecule is C[C@@](O)(c1cc(Br)cnc1N)c1c(Cl)ccc(F)c1Cl. The molecule has 0 aliphatic rings. The average Bonchev–Trinajstić information content (AvgIpc) is 2.37. The molecule has 1 heterocycles. The molecule has 1 atom stereocenters. The Morgan fingerprint density at radius 3 is 2.70 bits per heavy atom. The van der Waals surface area contributed by atoms with Crippen LogP contribution < -0.4 is 5.73 Å². The van der Waals surface area contributed by atoms with Crippen molar-refractivity contribution in [1.82, 2.24) is 4.98 Å². The van der Waals surface area contributed by atoms with Gasteiger partial charge in [-0.1, -0.05) is 23.2 Å². The van der Waals surface area contributed by atoms with Crippen LogP contribution in [0.4, 0.5) is 10.2 Å². The molecule has 0 saturated carbocycles. The van der Waals surface area contributed by atoms with Crippen LogP contribution in [0.5, 0.6) is 0 Å². The Balaban J connectivity index is 2.73. The minimum absolute atomic E-state index is 0.0485. The summed E-state index contributed by atoms with van der Waals surface area (Å²) in [5, 5.41) is 10.7. The highest BCUT2D eigenvalue weighted by Crippen LogP contribution is 2.41. The van der Waals surface area contributed by atoms with Gasteiger partial charge < -0.3 is 10.8 Å². The molecule has 0 spiro atoms. The summed E-state index contributed by atoms with van der Waals surface area (Å²) in [7, 11) is 0. The minimum atomic E-state index is -1.68. The molecule has 0 unspecified atom stereocenters. The van der Waals surface area contributed by atoms with E-state index in [1.54, 1.807) is 6.07 Å². The van der Waals surface area contributed by atoms with E-state index in [2.05, 4.69) is 20.9 Å². The van der Waals surface area contributed by atoms with Gasteiger partial charge in [0.2, 0.25) is 0 Å². The van der Waals surface area contributed by atoms with E-state index in [1.807, 2.05) is 0 Å². The Morgan fingerprint density at radius 1 is 1.40 bits per heavy atom. The number of pyridine rings is 1. The third kappa shape index (κ3) is 2.63. The molecule has 3 nitrogen and oxygen atoms in total. The number of anilines is 1. The topological polar surface area (TPSA) is 59.1 Å². The number of benzene rings is 1. The predicted molar refractivity (Wildman–Crippen MR) is 81.4 cm³/mol. The predicted octanol–water partition coefficient (Wildman–Crippen LogP) is 4.13. The van der Waals surface area contributed by atoms with Crippen LogP contribution in [0.15, 0.2) is 28.9 Å². The average molecular weight is 380 g/mol. The summed E-state index contributed by atoms with van der Waals surface area (Å²) in [6.45, 7) is 1.43. The summed E-state index contributed by atoms with van der Waals surface area (Å²) in [5.74, 6) is -0.567. The van der Waals surface area contributed by atoms with Gasteiger partial charge in [0.05, 0.1) is 5.02 Å². The maximum atomic E-state index is 13.6. The van der Waals surface area contributed by atoms with Crippen molar-refractivity contribution in [2.45, 2.75) is 12.5 Å². The zero-order valence-electron chi connectivity index (χ0n) is 10.3. The Morgan fingerprint density at radius 2 is 2.05 bits per heavy atom. The van der Waals surface area contributed by atoms with Crippen molar-refractivity contribution in [2.24, 2.45) is 0 Å². The van der Waals surface area contributed by atoms with Crippen LogP contribution in [0.2, 0.25) is 10.0 Å². The molecule has 3 N–H and O–H groups in total. The molecule has 0 saturated heterocycles. The number of nitrogen functional groups attached to an aromatic ring is 1. The molecule has 7 heteroatoms. The molecule has 0 aliphatic carbocycles. The Bertz CT molecular complexity index is 680. The van der Waals surface area contributed by atoms with E-state index < -0.39 is 11.4 Å². The molecular weight excluding hydrogens is 370 g/mol. The molecule has 0 amide bonds. The number of aliphatic hydroxyl groups is 1. The second-order valence-corrected chi connectivity index (χ2v) is 6.08. The van der Waals surface area contributed by atoms with Crippen molar-refractivity contribution < 1.29 is 9.50 Å². The highest BCUT2D eigenvalue weighted by Gasteiger charge is 2.34. The van der Waals surface area contributed by atoms with Crippen molar-refractivity contribution in [3.63, 3.8) is 0 Å². The molecule has 0 radical (unpaired) electrons. The van der Waals surface area contributed by atoms with Gasteiger partial charge in [-0.05, 0) is 41.1 Å². The van der Waals surface area contributed by atoms with Crippen molar-refractivity contribution in [1.29, 1.82) is 0 Å². The second-order valence-electron chi connectivity index (χ2n) is 4.38. The van der Waals surface area contributed by atoms with Crippen molar-refractivity contribution in [3.8, 4) is 0 Å². The molecule has 0 aliphatic heterocycles. The summed E-state index contributed by atoms with van der Waals surface area (Å²) in [5.41, 5.74) is 4.42. The van der Waals surface area contributed by atoms with Gasteiger partial charge in [0.1, 0.15) is 17.2 Å². The number of nitrogens with two attached hydrogens (primary N) is 1. The largest absolute Gasteiger partial charge is 0.383 e. The number of hydrogen-bond acceptors (Lipinski definition) is 3. The Hall–Kier alpha value is -0.880. The van der Waals surface area contributed by atoms with E-state index in [1.165, 1.54) is 19.2 Å². The fourth-order valence-corrected chi connectivity index (χ4v) is 3.02. The van der Waals surface area contributed by atoms with Gasteiger partial charge in [-0.2, -0.15) is 0 Å². The molecular formula is C13H10BrCl2FN2O. The number of hydrogen-bond donors (Lipinski definition) is 2. The van der Waals surface area contributed by atoms with Gasteiger partial charge in [-0.25, -0.2) is 9.37 Å². The van der Waals surface area contributed by atoms with Gasteiger partial charge in [0.15, 0.2) is 0 Å². The number of rotatable bonds is 2. The van der Waals surface area contributed by atoms with Crippen LogP contribution in [0.25, 0.3) is 0 Å². The van der Waals surface area contributed by atoms with Gasteiger partial charge >= 0.3 is 0 Å². The highest BCUT2D eigenvalue weighted by atomic mass is 79.9. The second kappa shape index (κ2) is 5.48. The fourth-order valence-electron chi connectivity index (χ4n) is 1.95. The van der Waals surface area contributed by atoms with Crippen LogP contribution in [-0.2, 0) is 5.60 Å². The molecule has 1 aromatic heterocycles. The normalized spacial score (nSPS) is 14.1. The lowest BCUT2D eigenvalue weighted by Crippen LogP contribution is -2.26. The first kappa shape index (κ1) is 15.5. The van der Waals surface area contributed by atoms with Gasteiger partial charge in [-0.15, -0.1) is 0 Å². The number of nitrogens with zero attached hydrogens (tertiary/aromatic N) is 1. The highest BCUT2D eigenvalue weighted by molar-refractivity contribution is 9.10. The Labute approximate surface area is 133 Å². The molecule has 2 rings (SSSR count). The van der Waals surface area contributed by atoms with E-state index in [9.17, 15) is 9.50 Å². The quantitative estimate of drug-likeness (QED) is 0.771. The summed E-state index contributed by atoms with van der Waals surface area (Å²) in [6, 6.07) is 4.04. The monoisotopic (exact) mass is 378 g/mol. The fraction of sp³-hybridized carbons (Fsp3) is 0.154. The summed E-state index contributed by atoms with van der Waals surface area (Å²) < 4.78 is 14.2. The van der Waals surface area contributed by atoms with E-state index >= 15 is 0 Å². The number of aromatic nitrogens is 1. The van der Waals surface area contributed by atoms with Gasteiger partial charge in [0, 0.05) is 26.8 Å². The minimum Gasteiger partial charge on any atom is -0.383 e. The molecule has 1 aromatic carbocycles. The van der Waals surface area contributed by atoms with Crippen LogP contribution in [-0.4, -0.2) is 10.1 Å². The first-order valence-corrected chi connectivity index (χ1v) is 7.08. The van der Waals surface area contributed by atoms with E-state index in [-0.39, 0.29) is 27.0 Å². The molecule has 2 aromatic rings. The van der Waals surface area contributed by atoms with Crippen LogP contribution in [0, 0.1) is 5.82 Å². The summed E-state index contributed by atoms with van der Waals surface area (Å²) in [4.78, 5) is 3.94. The first-order valence-electron chi connectivity index (χ1n) is 5.53. The van der Waals surface area contributed by atoms with E-state index in [0.29, 0.717) is 4.47 Å². The Kier molecular flexibility index (Phi) is 4.25. The lowest BCUT2D eigenvalue weighted by Gasteiger charge is -2.27. The van der Waals surface area contributed by atoms with Crippen molar-refractivity contribution >= 4 is 44.9 Å². The maximum Gasteiger partial charge on any atom is 0.142 e. The third-order valence-electron chi connectivity index (χ3n) is 2.94. The third-order valence-corrected chi connectivity index (χ3v) is 4.06. The smallest absolute Gasteiger partial charge is 0.142 e. The molecule has 0 bridgehead atoms. The van der Waals surface area contributed by atoms with Gasteiger partial charge in [-0.3, -0.25) is 0 Å². The van der Waals surface area contributed by atoms with Crippen LogP contribution >= 0.6 is 39.1 Å². The van der Waals surface area contributed by atoms with Crippen LogP contribution in [0.1, 0.15) is 18.1 Å². The first-order chi connectivity index (χ1) is 9.25. The van der Waals surface area contributed by atoms with Crippen molar-refractivity contribution in [3.05, 3.63) is 55.9 Å². The van der Waals surface area contributed by atoms with Crippen LogP contribution in [0.3, 0.4) is 0 Å².